The van der Waals surface area contributed by atoms with Gasteiger partial charge in [0.25, 0.3) is 0 Å². The quantitative estimate of drug-likeness (QED) is 0.848. The van der Waals surface area contributed by atoms with Gasteiger partial charge in [-0.25, -0.2) is 0 Å². The van der Waals surface area contributed by atoms with Gasteiger partial charge in [-0.2, -0.15) is 0 Å². The monoisotopic (exact) mass is 290 g/mol. The fourth-order valence-corrected chi connectivity index (χ4v) is 3.89. The van der Waals surface area contributed by atoms with Crippen LogP contribution in [-0.2, 0) is 13.0 Å². The van der Waals surface area contributed by atoms with Crippen LogP contribution in [0.1, 0.15) is 77.0 Å². The molecule has 118 valence electrons. The van der Waals surface area contributed by atoms with Crippen molar-refractivity contribution in [2.75, 3.05) is 6.54 Å². The first kappa shape index (κ1) is 15.0. The summed E-state index contributed by atoms with van der Waals surface area (Å²) in [5, 5.41) is 12.7. The molecule has 1 atom stereocenters. The Bertz CT molecular complexity index is 464. The first-order valence-electron chi connectivity index (χ1n) is 8.71. The molecule has 1 saturated carbocycles. The summed E-state index contributed by atoms with van der Waals surface area (Å²) < 4.78 is 2.40. The van der Waals surface area contributed by atoms with Crippen LogP contribution in [0.25, 0.3) is 0 Å². The second-order valence-electron chi connectivity index (χ2n) is 7.94. The molecule has 0 saturated heterocycles. The first-order chi connectivity index (χ1) is 10.1. The van der Waals surface area contributed by atoms with E-state index in [9.17, 15) is 0 Å². The highest BCUT2D eigenvalue weighted by Gasteiger charge is 2.34. The number of hydrogen-bond acceptors (Lipinski definition) is 3. The maximum Gasteiger partial charge on any atom is 0.150 e. The largest absolute Gasteiger partial charge is 0.312 e. The Balaban J connectivity index is 1.77. The zero-order valence-electron chi connectivity index (χ0n) is 13.9. The predicted molar refractivity (Wildman–Crippen MR) is 85.1 cm³/mol. The molecule has 0 bridgehead atoms. The number of rotatable bonds is 2. The normalized spacial score (nSPS) is 24.6. The highest BCUT2D eigenvalue weighted by Crippen LogP contribution is 2.34. The van der Waals surface area contributed by atoms with Gasteiger partial charge in [0.2, 0.25) is 0 Å². The molecule has 1 aromatic heterocycles. The third kappa shape index (κ3) is 3.31. The average molecular weight is 290 g/mol. The third-order valence-corrected chi connectivity index (χ3v) is 5.11. The van der Waals surface area contributed by atoms with Gasteiger partial charge in [-0.05, 0) is 11.3 Å². The Kier molecular flexibility index (Phi) is 4.34. The van der Waals surface area contributed by atoms with Crippen LogP contribution in [0.3, 0.4) is 0 Å². The maximum atomic E-state index is 4.56. The van der Waals surface area contributed by atoms with E-state index in [1.165, 1.54) is 44.3 Å². The molecule has 1 fully saturated rings. The minimum absolute atomic E-state index is 0.185. The fraction of sp³-hybridized carbons (Fsp3) is 0.882. The van der Waals surface area contributed by atoms with Crippen molar-refractivity contribution in [2.24, 2.45) is 11.3 Å². The van der Waals surface area contributed by atoms with Crippen molar-refractivity contribution < 1.29 is 0 Å². The summed E-state index contributed by atoms with van der Waals surface area (Å²) in [7, 11) is 0. The Morgan fingerprint density at radius 2 is 1.81 bits per heavy atom. The number of hydrogen-bond donors (Lipinski definition) is 1. The van der Waals surface area contributed by atoms with Crippen molar-refractivity contribution >= 4 is 0 Å². The van der Waals surface area contributed by atoms with E-state index in [2.05, 4.69) is 40.9 Å². The molecule has 1 aromatic rings. The van der Waals surface area contributed by atoms with Crippen molar-refractivity contribution in [3.63, 3.8) is 0 Å². The summed E-state index contributed by atoms with van der Waals surface area (Å²) >= 11 is 0. The van der Waals surface area contributed by atoms with E-state index in [1.807, 2.05) is 0 Å². The van der Waals surface area contributed by atoms with Crippen molar-refractivity contribution in [1.82, 2.24) is 20.1 Å². The highest BCUT2D eigenvalue weighted by atomic mass is 15.3. The van der Waals surface area contributed by atoms with Crippen LogP contribution in [-0.4, -0.2) is 21.3 Å². The third-order valence-electron chi connectivity index (χ3n) is 5.11. The van der Waals surface area contributed by atoms with Gasteiger partial charge in [-0.3, -0.25) is 0 Å². The Morgan fingerprint density at radius 3 is 2.48 bits per heavy atom. The van der Waals surface area contributed by atoms with E-state index in [0.29, 0.717) is 6.04 Å². The summed E-state index contributed by atoms with van der Waals surface area (Å²) in [4.78, 5) is 0. The van der Waals surface area contributed by atoms with Crippen LogP contribution < -0.4 is 5.32 Å². The summed E-state index contributed by atoms with van der Waals surface area (Å²) in [5.74, 6) is 3.20. The molecular weight excluding hydrogens is 260 g/mol. The zero-order chi connectivity index (χ0) is 14.9. The lowest BCUT2D eigenvalue weighted by Crippen LogP contribution is -2.41. The van der Waals surface area contributed by atoms with Crippen molar-refractivity contribution in [2.45, 2.75) is 78.3 Å². The lowest BCUT2D eigenvalue weighted by atomic mass is 9.85. The Morgan fingerprint density at radius 1 is 1.10 bits per heavy atom. The van der Waals surface area contributed by atoms with Crippen LogP contribution in [0.15, 0.2) is 0 Å². The van der Waals surface area contributed by atoms with E-state index in [0.717, 1.165) is 31.3 Å². The van der Waals surface area contributed by atoms with E-state index in [-0.39, 0.29) is 5.41 Å². The number of nitrogens with zero attached hydrogens (tertiary/aromatic N) is 3. The topological polar surface area (TPSA) is 42.7 Å². The minimum atomic E-state index is 0.185. The van der Waals surface area contributed by atoms with Gasteiger partial charge in [0.1, 0.15) is 5.82 Å². The SMILES string of the molecule is CC(C)(C)C1NCCn2c(CC3CCCCCC3)nnc21. The van der Waals surface area contributed by atoms with Gasteiger partial charge in [0, 0.05) is 19.5 Å². The van der Waals surface area contributed by atoms with Crippen molar-refractivity contribution in [1.29, 1.82) is 0 Å². The van der Waals surface area contributed by atoms with Crippen LogP contribution >= 0.6 is 0 Å². The molecule has 0 radical (unpaired) electrons. The van der Waals surface area contributed by atoms with Crippen LogP contribution in [0.4, 0.5) is 0 Å². The second-order valence-corrected chi connectivity index (χ2v) is 7.94. The molecule has 1 aliphatic heterocycles. The molecule has 0 aromatic carbocycles. The molecule has 2 heterocycles. The minimum Gasteiger partial charge on any atom is -0.312 e. The molecule has 0 spiro atoms. The zero-order valence-corrected chi connectivity index (χ0v) is 13.9. The van der Waals surface area contributed by atoms with Gasteiger partial charge < -0.3 is 9.88 Å². The van der Waals surface area contributed by atoms with Gasteiger partial charge >= 0.3 is 0 Å². The second kappa shape index (κ2) is 6.07. The number of nitrogens with one attached hydrogen (secondary N) is 1. The predicted octanol–water partition coefficient (Wildman–Crippen LogP) is 3.48. The van der Waals surface area contributed by atoms with E-state index < -0.39 is 0 Å². The van der Waals surface area contributed by atoms with E-state index >= 15 is 0 Å². The lowest BCUT2D eigenvalue weighted by molar-refractivity contribution is 0.231. The molecule has 3 rings (SSSR count). The molecule has 4 nitrogen and oxygen atoms in total. The molecule has 2 aliphatic rings. The summed E-state index contributed by atoms with van der Waals surface area (Å²) in [5.41, 5.74) is 0.185. The van der Waals surface area contributed by atoms with Gasteiger partial charge in [-0.15, -0.1) is 10.2 Å². The van der Waals surface area contributed by atoms with Gasteiger partial charge in [-0.1, -0.05) is 59.3 Å². The highest BCUT2D eigenvalue weighted by molar-refractivity contribution is 5.08. The Labute approximate surface area is 128 Å². The molecule has 1 aliphatic carbocycles. The summed E-state index contributed by atoms with van der Waals surface area (Å²) in [6.07, 6.45) is 9.53. The smallest absolute Gasteiger partial charge is 0.150 e. The molecule has 0 amide bonds. The van der Waals surface area contributed by atoms with E-state index in [1.54, 1.807) is 0 Å². The molecule has 1 N–H and O–H groups in total. The van der Waals surface area contributed by atoms with Crippen LogP contribution in [0.5, 0.6) is 0 Å². The van der Waals surface area contributed by atoms with Gasteiger partial charge in [0.05, 0.1) is 6.04 Å². The maximum absolute atomic E-state index is 4.56. The van der Waals surface area contributed by atoms with Crippen molar-refractivity contribution in [3.8, 4) is 0 Å². The van der Waals surface area contributed by atoms with Crippen LogP contribution in [0.2, 0.25) is 0 Å². The van der Waals surface area contributed by atoms with Crippen molar-refractivity contribution in [3.05, 3.63) is 11.6 Å². The Hall–Kier alpha value is -0.900. The van der Waals surface area contributed by atoms with Crippen LogP contribution in [0, 0.1) is 11.3 Å². The average Bonchev–Trinajstić information content (AvgIpc) is 2.67. The summed E-state index contributed by atoms with van der Waals surface area (Å²) in [6, 6.07) is 0.321. The molecule has 21 heavy (non-hydrogen) atoms. The summed E-state index contributed by atoms with van der Waals surface area (Å²) in [6.45, 7) is 8.89. The molecule has 1 unspecified atom stereocenters. The van der Waals surface area contributed by atoms with E-state index in [4.69, 9.17) is 0 Å². The van der Waals surface area contributed by atoms with Gasteiger partial charge in [0.15, 0.2) is 5.82 Å². The molecular formula is C17H30N4. The lowest BCUT2D eigenvalue weighted by Gasteiger charge is -2.34. The standard InChI is InChI=1S/C17H30N4/c1-17(2,3)15-16-20-19-14(21(16)11-10-18-15)12-13-8-6-4-5-7-9-13/h13,15,18H,4-12H2,1-3H3. The number of aromatic nitrogens is 3. The number of fused-ring (bicyclic) bond motifs is 1. The first-order valence-corrected chi connectivity index (χ1v) is 8.71. The fourth-order valence-electron chi connectivity index (χ4n) is 3.89. The molecule has 4 heteroatoms.